The predicted octanol–water partition coefficient (Wildman–Crippen LogP) is 2.96. The van der Waals surface area contributed by atoms with E-state index < -0.39 is 6.04 Å². The molecule has 0 radical (unpaired) electrons. The Morgan fingerprint density at radius 1 is 1.53 bits per heavy atom. The summed E-state index contributed by atoms with van der Waals surface area (Å²) in [6.07, 6.45) is 0.0454. The Kier molecular flexibility index (Phi) is 7.34. The zero-order valence-electron chi connectivity index (χ0n) is 9.28. The maximum absolute atomic E-state index is 13.1. The van der Waals surface area contributed by atoms with Crippen molar-refractivity contribution in [2.24, 2.45) is 5.73 Å². The molecule has 0 aliphatic carbocycles. The van der Waals surface area contributed by atoms with Gasteiger partial charge in [0.1, 0.15) is 5.82 Å². The second-order valence-electron chi connectivity index (χ2n) is 3.32. The third-order valence-corrected chi connectivity index (χ3v) is 2.46. The molecule has 2 N–H and O–H groups in total. The van der Waals surface area contributed by atoms with E-state index in [1.807, 2.05) is 0 Å². The molecule has 0 bridgehead atoms. The van der Waals surface area contributed by atoms with Gasteiger partial charge >= 0.3 is 5.97 Å². The molecule has 0 saturated carbocycles. The van der Waals surface area contributed by atoms with Crippen LogP contribution >= 0.6 is 28.3 Å². The van der Waals surface area contributed by atoms with Gasteiger partial charge in [-0.05, 0) is 30.7 Å². The normalized spacial score (nSPS) is 11.5. The zero-order chi connectivity index (χ0) is 12.1. The number of nitrogens with two attached hydrogens (primary N) is 1. The molecular formula is C11H14BrClFNO2. The second kappa shape index (κ2) is 7.63. The van der Waals surface area contributed by atoms with E-state index in [0.717, 1.165) is 0 Å². The van der Waals surface area contributed by atoms with Crippen LogP contribution in [0.2, 0.25) is 0 Å². The van der Waals surface area contributed by atoms with Gasteiger partial charge in [0.25, 0.3) is 0 Å². The minimum atomic E-state index is -0.550. The standard InChI is InChI=1S/C11H13BrFNO2.ClH/c1-2-16-11(15)6-10(14)7-3-8(12)5-9(13)4-7;/h3-5,10H,2,6,14H2,1H3;1H/t10-;/m1./s1. The maximum atomic E-state index is 13.1. The Labute approximate surface area is 114 Å². The first-order valence-corrected chi connectivity index (χ1v) is 5.69. The van der Waals surface area contributed by atoms with Gasteiger partial charge in [-0.1, -0.05) is 15.9 Å². The maximum Gasteiger partial charge on any atom is 0.307 e. The van der Waals surface area contributed by atoms with Crippen LogP contribution in [-0.4, -0.2) is 12.6 Å². The number of carbonyl (C=O) groups is 1. The minimum Gasteiger partial charge on any atom is -0.466 e. The first kappa shape index (κ1) is 16.4. The topological polar surface area (TPSA) is 52.3 Å². The van der Waals surface area contributed by atoms with E-state index in [9.17, 15) is 9.18 Å². The van der Waals surface area contributed by atoms with E-state index in [1.165, 1.54) is 12.1 Å². The molecule has 1 aromatic rings. The van der Waals surface area contributed by atoms with Crippen molar-refractivity contribution in [1.82, 2.24) is 0 Å². The number of halogens is 3. The quantitative estimate of drug-likeness (QED) is 0.866. The van der Waals surface area contributed by atoms with Crippen molar-refractivity contribution in [2.75, 3.05) is 6.61 Å². The molecular weight excluding hydrogens is 312 g/mol. The lowest BCUT2D eigenvalue weighted by atomic mass is 10.0. The third-order valence-electron chi connectivity index (χ3n) is 2.00. The largest absolute Gasteiger partial charge is 0.466 e. The van der Waals surface area contributed by atoms with Crippen molar-refractivity contribution in [3.8, 4) is 0 Å². The molecule has 3 nitrogen and oxygen atoms in total. The molecule has 0 aliphatic heterocycles. The molecule has 0 aromatic heterocycles. The van der Waals surface area contributed by atoms with Gasteiger partial charge in [0.2, 0.25) is 0 Å². The Hall–Kier alpha value is -0.650. The van der Waals surface area contributed by atoms with Crippen LogP contribution in [0.3, 0.4) is 0 Å². The average Bonchev–Trinajstić information content (AvgIpc) is 2.16. The molecule has 0 unspecified atom stereocenters. The van der Waals surface area contributed by atoms with Crippen LogP contribution in [0.1, 0.15) is 24.9 Å². The van der Waals surface area contributed by atoms with Gasteiger partial charge in [-0.3, -0.25) is 4.79 Å². The van der Waals surface area contributed by atoms with Gasteiger partial charge in [0.05, 0.1) is 13.0 Å². The zero-order valence-corrected chi connectivity index (χ0v) is 11.7. The molecule has 6 heteroatoms. The van der Waals surface area contributed by atoms with E-state index in [-0.39, 0.29) is 30.6 Å². The highest BCUT2D eigenvalue weighted by atomic mass is 79.9. The number of hydrogen-bond acceptors (Lipinski definition) is 3. The Balaban J connectivity index is 0.00000256. The van der Waals surface area contributed by atoms with E-state index in [1.54, 1.807) is 13.0 Å². The van der Waals surface area contributed by atoms with E-state index in [0.29, 0.717) is 16.6 Å². The molecule has 0 fully saturated rings. The summed E-state index contributed by atoms with van der Waals surface area (Å²) in [6.45, 7) is 2.04. The number of esters is 1. The molecule has 1 aromatic carbocycles. The van der Waals surface area contributed by atoms with Gasteiger partial charge < -0.3 is 10.5 Å². The first-order valence-electron chi connectivity index (χ1n) is 4.90. The van der Waals surface area contributed by atoms with Crippen LogP contribution in [0.15, 0.2) is 22.7 Å². The number of rotatable bonds is 4. The fraction of sp³-hybridized carbons (Fsp3) is 0.364. The van der Waals surface area contributed by atoms with Crippen molar-refractivity contribution >= 4 is 34.3 Å². The summed E-state index contributed by atoms with van der Waals surface area (Å²) >= 11 is 3.17. The van der Waals surface area contributed by atoms with Crippen LogP contribution in [-0.2, 0) is 9.53 Å². The summed E-state index contributed by atoms with van der Waals surface area (Å²) in [6, 6.07) is 3.79. The lowest BCUT2D eigenvalue weighted by Gasteiger charge is -2.11. The SMILES string of the molecule is CCOC(=O)C[C@@H](N)c1cc(F)cc(Br)c1.Cl. The van der Waals surface area contributed by atoms with Gasteiger partial charge in [-0.2, -0.15) is 0 Å². The Morgan fingerprint density at radius 2 is 2.18 bits per heavy atom. The van der Waals surface area contributed by atoms with E-state index in [2.05, 4.69) is 15.9 Å². The van der Waals surface area contributed by atoms with E-state index in [4.69, 9.17) is 10.5 Å². The Morgan fingerprint density at radius 3 is 2.71 bits per heavy atom. The lowest BCUT2D eigenvalue weighted by Crippen LogP contribution is -2.17. The smallest absolute Gasteiger partial charge is 0.307 e. The van der Waals surface area contributed by atoms with Crippen LogP contribution in [0, 0.1) is 5.82 Å². The van der Waals surface area contributed by atoms with Crippen molar-refractivity contribution in [3.63, 3.8) is 0 Å². The number of benzene rings is 1. The Bertz CT molecular complexity index is 369. The predicted molar refractivity (Wildman–Crippen MR) is 69.5 cm³/mol. The number of hydrogen-bond donors (Lipinski definition) is 1. The first-order chi connectivity index (χ1) is 7.52. The van der Waals surface area contributed by atoms with Crippen molar-refractivity contribution < 1.29 is 13.9 Å². The monoisotopic (exact) mass is 325 g/mol. The summed E-state index contributed by atoms with van der Waals surface area (Å²) in [5, 5.41) is 0. The molecule has 96 valence electrons. The summed E-state index contributed by atoms with van der Waals surface area (Å²) in [7, 11) is 0. The summed E-state index contributed by atoms with van der Waals surface area (Å²) < 4.78 is 18.4. The summed E-state index contributed by atoms with van der Waals surface area (Å²) in [5.74, 6) is -0.765. The van der Waals surface area contributed by atoms with Crippen LogP contribution in [0.5, 0.6) is 0 Å². The molecule has 0 saturated heterocycles. The number of ether oxygens (including phenoxy) is 1. The van der Waals surface area contributed by atoms with Crippen LogP contribution in [0.4, 0.5) is 4.39 Å². The second-order valence-corrected chi connectivity index (χ2v) is 4.23. The van der Waals surface area contributed by atoms with Gasteiger partial charge in [-0.15, -0.1) is 12.4 Å². The minimum absolute atomic E-state index is 0. The highest BCUT2D eigenvalue weighted by Gasteiger charge is 2.13. The fourth-order valence-corrected chi connectivity index (χ4v) is 1.79. The van der Waals surface area contributed by atoms with Gasteiger partial charge in [0, 0.05) is 10.5 Å². The molecule has 0 aliphatic rings. The highest BCUT2D eigenvalue weighted by Crippen LogP contribution is 2.21. The third kappa shape index (κ3) is 5.48. The molecule has 17 heavy (non-hydrogen) atoms. The van der Waals surface area contributed by atoms with Gasteiger partial charge in [-0.25, -0.2) is 4.39 Å². The molecule has 1 atom stereocenters. The molecule has 1 rings (SSSR count). The van der Waals surface area contributed by atoms with Crippen molar-refractivity contribution in [3.05, 3.63) is 34.1 Å². The molecule has 0 amide bonds. The fourth-order valence-electron chi connectivity index (χ4n) is 1.31. The highest BCUT2D eigenvalue weighted by molar-refractivity contribution is 9.10. The lowest BCUT2D eigenvalue weighted by molar-refractivity contribution is -0.143. The summed E-state index contributed by atoms with van der Waals surface area (Å²) in [5.41, 5.74) is 6.35. The number of carbonyl (C=O) groups excluding carboxylic acids is 1. The molecule has 0 spiro atoms. The average molecular weight is 327 g/mol. The summed E-state index contributed by atoms with van der Waals surface area (Å²) in [4.78, 5) is 11.2. The molecule has 0 heterocycles. The van der Waals surface area contributed by atoms with Crippen molar-refractivity contribution in [1.29, 1.82) is 0 Å². The van der Waals surface area contributed by atoms with Crippen LogP contribution < -0.4 is 5.73 Å². The van der Waals surface area contributed by atoms with Crippen molar-refractivity contribution in [2.45, 2.75) is 19.4 Å². The van der Waals surface area contributed by atoms with E-state index >= 15 is 0 Å². The van der Waals surface area contributed by atoms with Crippen LogP contribution in [0.25, 0.3) is 0 Å². The van der Waals surface area contributed by atoms with Gasteiger partial charge in [0.15, 0.2) is 0 Å².